The first-order valence-corrected chi connectivity index (χ1v) is 8.63. The van der Waals surface area contributed by atoms with Crippen molar-refractivity contribution in [2.75, 3.05) is 0 Å². The molecule has 0 spiro atoms. The normalized spacial score (nSPS) is 26.7. The van der Waals surface area contributed by atoms with E-state index in [4.69, 9.17) is 5.26 Å². The Bertz CT molecular complexity index is 519. The zero-order valence-electron chi connectivity index (χ0n) is 14.3. The number of hydrogen-bond donors (Lipinski definition) is 0. The number of allylic oxidation sites excluding steroid dienone is 8. The fourth-order valence-corrected chi connectivity index (χ4v) is 3.50. The van der Waals surface area contributed by atoms with E-state index in [0.29, 0.717) is 5.92 Å². The summed E-state index contributed by atoms with van der Waals surface area (Å²) in [5, 5.41) is 8.65. The molecule has 3 atom stereocenters. The van der Waals surface area contributed by atoms with Crippen LogP contribution < -0.4 is 0 Å². The molecule has 1 heteroatoms. The Morgan fingerprint density at radius 1 is 1.27 bits per heavy atom. The van der Waals surface area contributed by atoms with Gasteiger partial charge in [-0.3, -0.25) is 0 Å². The van der Waals surface area contributed by atoms with Gasteiger partial charge in [-0.05, 0) is 48.0 Å². The molecule has 0 bridgehead atoms. The molecule has 22 heavy (non-hydrogen) atoms. The van der Waals surface area contributed by atoms with Crippen LogP contribution in [0, 0.1) is 34.5 Å². The fraction of sp³-hybridized carbons (Fsp3) is 0.571. The van der Waals surface area contributed by atoms with Crippen molar-refractivity contribution in [2.24, 2.45) is 23.2 Å². The molecule has 0 aromatic rings. The van der Waals surface area contributed by atoms with Crippen LogP contribution in [0.15, 0.2) is 48.1 Å². The van der Waals surface area contributed by atoms with Gasteiger partial charge in [0.2, 0.25) is 0 Å². The van der Waals surface area contributed by atoms with Crippen molar-refractivity contribution in [3.05, 3.63) is 48.1 Å². The van der Waals surface area contributed by atoms with E-state index < -0.39 is 0 Å². The van der Waals surface area contributed by atoms with Gasteiger partial charge in [-0.15, -0.1) is 0 Å². The molecule has 3 unspecified atom stereocenters. The number of hydrogen-bond acceptors (Lipinski definition) is 1. The largest absolute Gasteiger partial charge is 0.193 e. The van der Waals surface area contributed by atoms with Gasteiger partial charge in [0.25, 0.3) is 0 Å². The fourth-order valence-electron chi connectivity index (χ4n) is 3.50. The highest BCUT2D eigenvalue weighted by Crippen LogP contribution is 2.36. The van der Waals surface area contributed by atoms with Gasteiger partial charge in [0.15, 0.2) is 0 Å². The van der Waals surface area contributed by atoms with Crippen LogP contribution in [0.25, 0.3) is 0 Å². The number of nitriles is 1. The summed E-state index contributed by atoms with van der Waals surface area (Å²) in [6.45, 7) is 6.80. The maximum absolute atomic E-state index is 8.65. The van der Waals surface area contributed by atoms with E-state index in [2.05, 4.69) is 57.2 Å². The Morgan fingerprint density at radius 3 is 2.68 bits per heavy atom. The maximum atomic E-state index is 8.65. The van der Waals surface area contributed by atoms with Crippen LogP contribution in [0.2, 0.25) is 0 Å². The monoisotopic (exact) mass is 295 g/mol. The average molecular weight is 295 g/mol. The summed E-state index contributed by atoms with van der Waals surface area (Å²) in [6.07, 6.45) is 21.8. The van der Waals surface area contributed by atoms with Crippen LogP contribution in [0.1, 0.15) is 52.9 Å². The average Bonchev–Trinajstić information content (AvgIpc) is 2.49. The molecular formula is C21H29N. The highest BCUT2D eigenvalue weighted by atomic mass is 14.3. The summed E-state index contributed by atoms with van der Waals surface area (Å²) < 4.78 is 0. The van der Waals surface area contributed by atoms with Gasteiger partial charge >= 0.3 is 0 Å². The van der Waals surface area contributed by atoms with E-state index >= 15 is 0 Å². The second kappa shape index (κ2) is 7.63. The molecule has 2 aliphatic rings. The van der Waals surface area contributed by atoms with Crippen LogP contribution in [0.3, 0.4) is 0 Å². The summed E-state index contributed by atoms with van der Waals surface area (Å²) in [6, 6.07) is 2.08. The lowest BCUT2D eigenvalue weighted by Crippen LogP contribution is -2.19. The molecule has 1 nitrogen and oxygen atoms in total. The summed E-state index contributed by atoms with van der Waals surface area (Å²) in [5.41, 5.74) is 1.57. The van der Waals surface area contributed by atoms with E-state index in [1.54, 1.807) is 6.08 Å². The maximum Gasteiger partial charge on any atom is 0.0908 e. The van der Waals surface area contributed by atoms with Crippen molar-refractivity contribution in [1.29, 1.82) is 5.26 Å². The minimum absolute atomic E-state index is 0.211. The number of rotatable bonds is 4. The van der Waals surface area contributed by atoms with Crippen molar-refractivity contribution >= 4 is 0 Å². The molecule has 0 heterocycles. The van der Waals surface area contributed by atoms with Crippen LogP contribution >= 0.6 is 0 Å². The van der Waals surface area contributed by atoms with Crippen molar-refractivity contribution in [3.8, 4) is 6.07 Å². The van der Waals surface area contributed by atoms with Crippen LogP contribution in [0.4, 0.5) is 0 Å². The number of fused-ring (bicyclic) bond motifs is 1. The molecule has 0 saturated heterocycles. The smallest absolute Gasteiger partial charge is 0.0908 e. The SMILES string of the molecule is CC(C)(C)C(/C=C/C1=CC2CCCCC2C=C1)C/C=C/C#N. The second-order valence-corrected chi connectivity index (χ2v) is 7.74. The summed E-state index contributed by atoms with van der Waals surface area (Å²) in [7, 11) is 0. The summed E-state index contributed by atoms with van der Waals surface area (Å²) >= 11 is 0. The Kier molecular flexibility index (Phi) is 5.83. The highest BCUT2D eigenvalue weighted by Gasteiger charge is 2.24. The van der Waals surface area contributed by atoms with E-state index in [9.17, 15) is 0 Å². The highest BCUT2D eigenvalue weighted by molar-refractivity contribution is 5.35. The lowest BCUT2D eigenvalue weighted by molar-refractivity contribution is 0.295. The second-order valence-electron chi connectivity index (χ2n) is 7.74. The minimum Gasteiger partial charge on any atom is -0.193 e. The van der Waals surface area contributed by atoms with E-state index in [1.807, 2.05) is 6.08 Å². The molecule has 0 amide bonds. The Hall–Kier alpha value is -1.55. The molecule has 0 aliphatic heterocycles. The van der Waals surface area contributed by atoms with E-state index in [1.165, 1.54) is 31.3 Å². The third kappa shape index (κ3) is 4.73. The van der Waals surface area contributed by atoms with Crippen molar-refractivity contribution < 1.29 is 0 Å². The third-order valence-corrected chi connectivity index (χ3v) is 5.03. The molecule has 0 N–H and O–H groups in total. The first-order valence-electron chi connectivity index (χ1n) is 8.63. The van der Waals surface area contributed by atoms with Crippen molar-refractivity contribution in [2.45, 2.75) is 52.9 Å². The molecule has 118 valence electrons. The zero-order chi connectivity index (χ0) is 16.0. The standard InChI is InChI=1S/C21H29N/c1-21(2,3)20(10-6-7-15-22)14-12-17-11-13-18-8-4-5-9-19(18)16-17/h6-7,11-14,16,18-20H,4-5,8-10H2,1-3H3/b7-6+,14-12+. The lowest BCUT2D eigenvalue weighted by atomic mass is 9.75. The molecule has 0 aromatic carbocycles. The van der Waals surface area contributed by atoms with Gasteiger partial charge in [-0.1, -0.05) is 70.1 Å². The predicted molar refractivity (Wildman–Crippen MR) is 94.1 cm³/mol. The molecule has 1 fully saturated rings. The minimum atomic E-state index is 0.211. The van der Waals surface area contributed by atoms with Gasteiger partial charge in [0.1, 0.15) is 0 Å². The van der Waals surface area contributed by atoms with E-state index in [0.717, 1.165) is 18.3 Å². The quantitative estimate of drug-likeness (QED) is 0.585. The zero-order valence-corrected chi connectivity index (χ0v) is 14.3. The summed E-state index contributed by atoms with van der Waals surface area (Å²) in [5.74, 6) is 1.99. The molecule has 1 saturated carbocycles. The number of nitrogens with zero attached hydrogens (tertiary/aromatic N) is 1. The first-order chi connectivity index (χ1) is 10.5. The van der Waals surface area contributed by atoms with Crippen molar-refractivity contribution in [3.63, 3.8) is 0 Å². The Morgan fingerprint density at radius 2 is 2.00 bits per heavy atom. The molecule has 2 aliphatic carbocycles. The molecule has 0 aromatic heterocycles. The van der Waals surface area contributed by atoms with Gasteiger partial charge in [0.05, 0.1) is 6.07 Å². The predicted octanol–water partition coefficient (Wildman–Crippen LogP) is 5.98. The van der Waals surface area contributed by atoms with Gasteiger partial charge in [-0.25, -0.2) is 0 Å². The first kappa shape index (κ1) is 16.8. The third-order valence-electron chi connectivity index (χ3n) is 5.03. The van der Waals surface area contributed by atoms with E-state index in [-0.39, 0.29) is 5.41 Å². The molecule has 0 radical (unpaired) electrons. The van der Waals surface area contributed by atoms with Crippen molar-refractivity contribution in [1.82, 2.24) is 0 Å². The van der Waals surface area contributed by atoms with Gasteiger partial charge in [-0.2, -0.15) is 5.26 Å². The van der Waals surface area contributed by atoms with Gasteiger partial charge in [0, 0.05) is 6.08 Å². The topological polar surface area (TPSA) is 23.8 Å². The Labute approximate surface area is 136 Å². The summed E-state index contributed by atoms with van der Waals surface area (Å²) in [4.78, 5) is 0. The molecular weight excluding hydrogens is 266 g/mol. The Balaban J connectivity index is 2.04. The van der Waals surface area contributed by atoms with Gasteiger partial charge < -0.3 is 0 Å². The molecule has 2 rings (SSSR count). The van der Waals surface area contributed by atoms with Crippen LogP contribution in [-0.2, 0) is 0 Å². The van der Waals surface area contributed by atoms with Crippen LogP contribution in [0.5, 0.6) is 0 Å². The van der Waals surface area contributed by atoms with Crippen LogP contribution in [-0.4, -0.2) is 0 Å². The lowest BCUT2D eigenvalue weighted by Gasteiger charge is -2.30.